The van der Waals surface area contributed by atoms with Gasteiger partial charge in [-0.2, -0.15) is 0 Å². The number of rotatable bonds is 5. The smallest absolute Gasteiger partial charge is 0.237 e. The molecule has 0 saturated carbocycles. The van der Waals surface area contributed by atoms with Crippen molar-refractivity contribution in [1.29, 1.82) is 0 Å². The number of nitrogens with zero attached hydrogens (tertiary/aromatic N) is 2. The number of aromatic nitrogens is 1. The number of hydrogen-bond donors (Lipinski definition) is 1. The Kier molecular flexibility index (Phi) is 4.98. The molecule has 1 saturated heterocycles. The highest BCUT2D eigenvalue weighted by molar-refractivity contribution is 5.55. The number of ether oxygens (including phenoxy) is 2. The third-order valence-electron chi connectivity index (χ3n) is 4.09. The molecule has 1 fully saturated rings. The fourth-order valence-corrected chi connectivity index (χ4v) is 2.71. The fourth-order valence-electron chi connectivity index (χ4n) is 2.71. The number of pyridine rings is 1. The molecular formula is C18H22N2O3. The summed E-state index contributed by atoms with van der Waals surface area (Å²) in [7, 11) is 1.65. The van der Waals surface area contributed by atoms with Gasteiger partial charge in [-0.1, -0.05) is 12.1 Å². The molecule has 5 heteroatoms. The first-order valence-electron chi connectivity index (χ1n) is 7.90. The van der Waals surface area contributed by atoms with Crippen LogP contribution in [-0.4, -0.2) is 36.4 Å². The first-order valence-corrected chi connectivity index (χ1v) is 7.90. The van der Waals surface area contributed by atoms with Gasteiger partial charge in [-0.3, -0.25) is 0 Å². The molecule has 0 aliphatic carbocycles. The predicted molar refractivity (Wildman–Crippen MR) is 89.0 cm³/mol. The maximum Gasteiger partial charge on any atom is 0.237 e. The van der Waals surface area contributed by atoms with Gasteiger partial charge in [0.25, 0.3) is 0 Å². The number of hydrogen-bond acceptors (Lipinski definition) is 5. The summed E-state index contributed by atoms with van der Waals surface area (Å²) in [5, 5.41) is 9.65. The molecule has 2 aromatic rings. The number of aliphatic hydroxyl groups is 1. The van der Waals surface area contributed by atoms with Crippen molar-refractivity contribution < 1.29 is 14.6 Å². The lowest BCUT2D eigenvalue weighted by Gasteiger charge is -2.32. The lowest BCUT2D eigenvalue weighted by Crippen LogP contribution is -2.36. The normalized spacial score (nSPS) is 15.5. The minimum Gasteiger partial charge on any atom is -0.497 e. The van der Waals surface area contributed by atoms with Crippen molar-refractivity contribution in [2.75, 3.05) is 25.1 Å². The van der Waals surface area contributed by atoms with E-state index in [-0.39, 0.29) is 6.10 Å². The van der Waals surface area contributed by atoms with Gasteiger partial charge in [0.2, 0.25) is 5.88 Å². The topological polar surface area (TPSA) is 54.8 Å². The monoisotopic (exact) mass is 314 g/mol. The van der Waals surface area contributed by atoms with Gasteiger partial charge in [0.05, 0.1) is 18.9 Å². The highest BCUT2D eigenvalue weighted by atomic mass is 16.5. The van der Waals surface area contributed by atoms with Crippen molar-refractivity contribution in [1.82, 2.24) is 4.98 Å². The van der Waals surface area contributed by atoms with E-state index in [4.69, 9.17) is 9.47 Å². The van der Waals surface area contributed by atoms with Gasteiger partial charge in [-0.05, 0) is 42.7 Å². The molecule has 1 aromatic heterocycles. The maximum atomic E-state index is 9.65. The average Bonchev–Trinajstić information content (AvgIpc) is 2.61. The van der Waals surface area contributed by atoms with Crippen LogP contribution in [0.25, 0.3) is 0 Å². The van der Waals surface area contributed by atoms with Gasteiger partial charge < -0.3 is 19.5 Å². The first kappa shape index (κ1) is 15.6. The van der Waals surface area contributed by atoms with Gasteiger partial charge >= 0.3 is 0 Å². The fraction of sp³-hybridized carbons (Fsp3) is 0.389. The predicted octanol–water partition coefficient (Wildman–Crippen LogP) is 2.63. The van der Waals surface area contributed by atoms with Crippen LogP contribution in [0, 0.1) is 0 Å². The van der Waals surface area contributed by atoms with Crippen LogP contribution in [0.3, 0.4) is 0 Å². The lowest BCUT2D eigenvalue weighted by molar-refractivity contribution is 0.145. The van der Waals surface area contributed by atoms with Crippen LogP contribution >= 0.6 is 0 Å². The van der Waals surface area contributed by atoms with Gasteiger partial charge in [0.1, 0.15) is 12.4 Å². The van der Waals surface area contributed by atoms with E-state index in [1.165, 1.54) is 0 Å². The van der Waals surface area contributed by atoms with Crippen LogP contribution in [0.2, 0.25) is 0 Å². The van der Waals surface area contributed by atoms with Crippen molar-refractivity contribution in [3.05, 3.63) is 48.2 Å². The number of anilines is 1. The second-order valence-corrected chi connectivity index (χ2v) is 5.68. The quantitative estimate of drug-likeness (QED) is 0.919. The third kappa shape index (κ3) is 3.93. The highest BCUT2D eigenvalue weighted by Crippen LogP contribution is 2.29. The van der Waals surface area contributed by atoms with Crippen molar-refractivity contribution in [2.24, 2.45) is 0 Å². The molecule has 2 heterocycles. The van der Waals surface area contributed by atoms with Crippen molar-refractivity contribution in [3.8, 4) is 11.6 Å². The molecule has 1 aromatic carbocycles. The molecule has 23 heavy (non-hydrogen) atoms. The summed E-state index contributed by atoms with van der Waals surface area (Å²) in [5.74, 6) is 1.47. The molecule has 0 bridgehead atoms. The Morgan fingerprint density at radius 2 is 1.91 bits per heavy atom. The van der Waals surface area contributed by atoms with Gasteiger partial charge in [0.15, 0.2) is 0 Å². The second kappa shape index (κ2) is 7.33. The molecule has 1 aliphatic heterocycles. The number of benzene rings is 1. The number of methoxy groups -OCH3 is 1. The minimum absolute atomic E-state index is 0.188. The lowest BCUT2D eigenvalue weighted by atomic mass is 10.1. The molecule has 1 aliphatic rings. The van der Waals surface area contributed by atoms with Crippen LogP contribution in [0.5, 0.6) is 11.6 Å². The van der Waals surface area contributed by atoms with Crippen molar-refractivity contribution in [2.45, 2.75) is 25.6 Å². The summed E-state index contributed by atoms with van der Waals surface area (Å²) in [6.45, 7) is 2.11. The van der Waals surface area contributed by atoms with E-state index >= 15 is 0 Å². The Labute approximate surface area is 136 Å². The standard InChI is InChI=1S/C18H22N2O3/c1-22-16-6-4-14(5-7-16)13-23-18-17(3-2-10-19-18)20-11-8-15(21)9-12-20/h2-7,10,15,21H,8-9,11-13H2,1H3. The summed E-state index contributed by atoms with van der Waals surface area (Å²) in [6.07, 6.45) is 3.12. The summed E-state index contributed by atoms with van der Waals surface area (Å²) < 4.78 is 11.1. The molecule has 1 N–H and O–H groups in total. The Morgan fingerprint density at radius 1 is 1.17 bits per heavy atom. The minimum atomic E-state index is -0.188. The Balaban J connectivity index is 1.67. The van der Waals surface area contributed by atoms with Crippen molar-refractivity contribution >= 4 is 5.69 Å². The summed E-state index contributed by atoms with van der Waals surface area (Å²) in [4.78, 5) is 6.60. The second-order valence-electron chi connectivity index (χ2n) is 5.68. The average molecular weight is 314 g/mol. The molecule has 122 valence electrons. The van der Waals surface area contributed by atoms with Crippen molar-refractivity contribution in [3.63, 3.8) is 0 Å². The summed E-state index contributed by atoms with van der Waals surface area (Å²) in [6, 6.07) is 11.8. The van der Waals surface area contributed by atoms with Gasteiger partial charge in [0, 0.05) is 19.3 Å². The molecular weight excluding hydrogens is 292 g/mol. The zero-order valence-corrected chi connectivity index (χ0v) is 13.3. The third-order valence-corrected chi connectivity index (χ3v) is 4.09. The van der Waals surface area contributed by atoms with Crippen LogP contribution < -0.4 is 14.4 Å². The van der Waals surface area contributed by atoms with E-state index in [0.29, 0.717) is 12.5 Å². The zero-order valence-electron chi connectivity index (χ0n) is 13.3. The molecule has 0 spiro atoms. The molecule has 0 atom stereocenters. The Bertz CT molecular complexity index is 622. The Morgan fingerprint density at radius 3 is 2.61 bits per heavy atom. The van der Waals surface area contributed by atoms with Crippen LogP contribution in [-0.2, 0) is 6.61 Å². The van der Waals surface area contributed by atoms with Crippen LogP contribution in [0.1, 0.15) is 18.4 Å². The molecule has 5 nitrogen and oxygen atoms in total. The summed E-state index contributed by atoms with van der Waals surface area (Å²) >= 11 is 0. The van der Waals surface area contributed by atoms with E-state index in [1.807, 2.05) is 36.4 Å². The molecule has 0 unspecified atom stereocenters. The van der Waals surface area contributed by atoms with E-state index in [2.05, 4.69) is 9.88 Å². The number of aliphatic hydroxyl groups excluding tert-OH is 1. The largest absolute Gasteiger partial charge is 0.497 e. The van der Waals surface area contributed by atoms with E-state index in [0.717, 1.165) is 42.9 Å². The summed E-state index contributed by atoms with van der Waals surface area (Å²) in [5.41, 5.74) is 2.06. The molecule has 0 amide bonds. The van der Waals surface area contributed by atoms with Crippen LogP contribution in [0.4, 0.5) is 5.69 Å². The van der Waals surface area contributed by atoms with Crippen LogP contribution in [0.15, 0.2) is 42.6 Å². The first-order chi connectivity index (χ1) is 11.3. The van der Waals surface area contributed by atoms with Gasteiger partial charge in [-0.25, -0.2) is 4.98 Å². The van der Waals surface area contributed by atoms with E-state index < -0.39 is 0 Å². The SMILES string of the molecule is COc1ccc(COc2ncccc2N2CCC(O)CC2)cc1. The molecule has 0 radical (unpaired) electrons. The Hall–Kier alpha value is -2.27. The highest BCUT2D eigenvalue weighted by Gasteiger charge is 2.20. The van der Waals surface area contributed by atoms with E-state index in [1.54, 1.807) is 13.3 Å². The maximum absolute atomic E-state index is 9.65. The van der Waals surface area contributed by atoms with Gasteiger partial charge in [-0.15, -0.1) is 0 Å². The molecule has 3 rings (SSSR count). The number of piperidine rings is 1. The van der Waals surface area contributed by atoms with E-state index in [9.17, 15) is 5.11 Å². The zero-order chi connectivity index (χ0) is 16.1.